The average molecular weight is 402 g/mol. The highest BCUT2D eigenvalue weighted by Crippen LogP contribution is 2.18. The Balaban J connectivity index is 1.57. The Bertz CT molecular complexity index is 938. The third-order valence-corrected chi connectivity index (χ3v) is 6.05. The molecule has 2 amide bonds. The van der Waals surface area contributed by atoms with Crippen LogP contribution in [0.3, 0.4) is 0 Å². The van der Waals surface area contributed by atoms with Crippen molar-refractivity contribution in [3.8, 4) is 0 Å². The zero-order chi connectivity index (χ0) is 20.1. The van der Waals surface area contributed by atoms with Crippen LogP contribution in [0.1, 0.15) is 30.1 Å². The second-order valence-corrected chi connectivity index (χ2v) is 8.34. The first-order valence-electron chi connectivity index (χ1n) is 8.94. The number of pyridine rings is 1. The van der Waals surface area contributed by atoms with Crippen LogP contribution in [0.5, 0.6) is 0 Å². The maximum Gasteiger partial charge on any atom is 0.253 e. The summed E-state index contributed by atoms with van der Waals surface area (Å²) in [4.78, 5) is 29.3. The number of amides is 2. The highest BCUT2D eigenvalue weighted by molar-refractivity contribution is 7.89. The SMILES string of the molecule is CC(=O)Nc1ccc(S(=O)(=O)NC2CCN(C(=O)c3ccncc3)CC2)cc1. The van der Waals surface area contributed by atoms with E-state index >= 15 is 0 Å². The van der Waals surface area contributed by atoms with Crippen molar-refractivity contribution in [2.45, 2.75) is 30.7 Å². The van der Waals surface area contributed by atoms with Crippen LogP contribution in [-0.4, -0.2) is 49.2 Å². The van der Waals surface area contributed by atoms with Crippen LogP contribution in [0.25, 0.3) is 0 Å². The Kier molecular flexibility index (Phi) is 6.05. The first-order chi connectivity index (χ1) is 13.3. The van der Waals surface area contributed by atoms with Crippen molar-refractivity contribution < 1.29 is 18.0 Å². The van der Waals surface area contributed by atoms with Crippen LogP contribution in [-0.2, 0) is 14.8 Å². The fourth-order valence-corrected chi connectivity index (χ4v) is 4.39. The molecule has 1 aromatic carbocycles. The minimum Gasteiger partial charge on any atom is -0.339 e. The van der Waals surface area contributed by atoms with Crippen molar-refractivity contribution >= 4 is 27.5 Å². The number of rotatable bonds is 5. The van der Waals surface area contributed by atoms with Gasteiger partial charge in [-0.15, -0.1) is 0 Å². The molecule has 2 N–H and O–H groups in total. The summed E-state index contributed by atoms with van der Waals surface area (Å²) in [6.07, 6.45) is 4.23. The second-order valence-electron chi connectivity index (χ2n) is 6.63. The summed E-state index contributed by atoms with van der Waals surface area (Å²) < 4.78 is 27.9. The summed E-state index contributed by atoms with van der Waals surface area (Å²) in [5.74, 6) is -0.293. The number of hydrogen-bond donors (Lipinski definition) is 2. The number of carbonyl (C=O) groups excluding carboxylic acids is 2. The number of likely N-dealkylation sites (tertiary alicyclic amines) is 1. The molecule has 8 nitrogen and oxygen atoms in total. The zero-order valence-corrected chi connectivity index (χ0v) is 16.3. The van der Waals surface area contributed by atoms with E-state index in [1.54, 1.807) is 41.6 Å². The Morgan fingerprint density at radius 3 is 2.21 bits per heavy atom. The zero-order valence-electron chi connectivity index (χ0n) is 15.5. The number of nitrogens with one attached hydrogen (secondary N) is 2. The monoisotopic (exact) mass is 402 g/mol. The molecule has 1 aromatic heterocycles. The lowest BCUT2D eigenvalue weighted by Crippen LogP contribution is -2.46. The normalized spacial score (nSPS) is 15.2. The van der Waals surface area contributed by atoms with Gasteiger partial charge in [-0.1, -0.05) is 0 Å². The number of hydrogen-bond acceptors (Lipinski definition) is 5. The fraction of sp³-hybridized carbons (Fsp3) is 0.316. The molecule has 2 aromatic rings. The molecule has 0 unspecified atom stereocenters. The maximum atomic E-state index is 12.6. The van der Waals surface area contributed by atoms with Crippen molar-refractivity contribution in [2.75, 3.05) is 18.4 Å². The third-order valence-electron chi connectivity index (χ3n) is 4.52. The van der Waals surface area contributed by atoms with Gasteiger partial charge in [0.25, 0.3) is 5.91 Å². The smallest absolute Gasteiger partial charge is 0.253 e. The maximum absolute atomic E-state index is 12.6. The fourth-order valence-electron chi connectivity index (χ4n) is 3.09. The van der Waals surface area contributed by atoms with Crippen molar-refractivity contribution in [3.05, 3.63) is 54.4 Å². The lowest BCUT2D eigenvalue weighted by atomic mass is 10.1. The molecule has 2 heterocycles. The number of piperidine rings is 1. The summed E-state index contributed by atoms with van der Waals surface area (Å²) in [5.41, 5.74) is 1.11. The molecule has 1 aliphatic rings. The largest absolute Gasteiger partial charge is 0.339 e. The van der Waals surface area contributed by atoms with Gasteiger partial charge in [-0.05, 0) is 49.2 Å². The van der Waals surface area contributed by atoms with Gasteiger partial charge in [0, 0.05) is 49.7 Å². The first-order valence-corrected chi connectivity index (χ1v) is 10.4. The number of anilines is 1. The van der Waals surface area contributed by atoms with Gasteiger partial charge in [0.1, 0.15) is 0 Å². The first kappa shape index (κ1) is 20.0. The van der Waals surface area contributed by atoms with E-state index in [-0.39, 0.29) is 22.8 Å². The number of carbonyl (C=O) groups is 2. The highest BCUT2D eigenvalue weighted by atomic mass is 32.2. The van der Waals surface area contributed by atoms with E-state index < -0.39 is 10.0 Å². The molecule has 1 fully saturated rings. The molecule has 0 spiro atoms. The predicted octanol–water partition coefficient (Wildman–Crippen LogP) is 1.62. The molecule has 28 heavy (non-hydrogen) atoms. The topological polar surface area (TPSA) is 108 Å². The van der Waals surface area contributed by atoms with Crippen LogP contribution in [0.2, 0.25) is 0 Å². The third kappa shape index (κ3) is 4.93. The quantitative estimate of drug-likeness (QED) is 0.790. The van der Waals surface area contributed by atoms with E-state index in [1.165, 1.54) is 19.1 Å². The van der Waals surface area contributed by atoms with Gasteiger partial charge in [-0.25, -0.2) is 13.1 Å². The molecule has 3 rings (SSSR count). The molecule has 0 saturated carbocycles. The summed E-state index contributed by atoms with van der Waals surface area (Å²) in [6.45, 7) is 2.35. The van der Waals surface area contributed by atoms with E-state index in [9.17, 15) is 18.0 Å². The lowest BCUT2D eigenvalue weighted by Gasteiger charge is -2.32. The Labute approximate surface area is 164 Å². The standard InChI is InChI=1S/C19H22N4O4S/c1-14(24)21-16-2-4-18(5-3-16)28(26,27)22-17-8-12-23(13-9-17)19(25)15-6-10-20-11-7-15/h2-7,10-11,17,22H,8-9,12-13H2,1H3,(H,21,24). The van der Waals surface area contributed by atoms with Crippen LogP contribution >= 0.6 is 0 Å². The Morgan fingerprint density at radius 2 is 1.64 bits per heavy atom. The summed E-state index contributed by atoms with van der Waals surface area (Å²) in [5, 5.41) is 2.60. The second kappa shape index (κ2) is 8.49. The van der Waals surface area contributed by atoms with Crippen LogP contribution in [0.15, 0.2) is 53.7 Å². The molecule has 0 radical (unpaired) electrons. The van der Waals surface area contributed by atoms with Gasteiger partial charge in [-0.2, -0.15) is 0 Å². The number of nitrogens with zero attached hydrogens (tertiary/aromatic N) is 2. The van der Waals surface area contributed by atoms with Crippen LogP contribution in [0, 0.1) is 0 Å². The highest BCUT2D eigenvalue weighted by Gasteiger charge is 2.27. The molecule has 9 heteroatoms. The van der Waals surface area contributed by atoms with Gasteiger partial charge in [-0.3, -0.25) is 14.6 Å². The molecular formula is C19H22N4O4S. The van der Waals surface area contributed by atoms with Crippen molar-refractivity contribution in [2.24, 2.45) is 0 Å². The molecule has 1 aliphatic heterocycles. The number of sulfonamides is 1. The Hall–Kier alpha value is -2.78. The molecule has 0 bridgehead atoms. The lowest BCUT2D eigenvalue weighted by molar-refractivity contribution is -0.114. The molecular weight excluding hydrogens is 380 g/mol. The summed E-state index contributed by atoms with van der Waals surface area (Å²) in [7, 11) is -3.67. The minimum atomic E-state index is -3.67. The molecule has 0 aliphatic carbocycles. The number of benzene rings is 1. The van der Waals surface area contributed by atoms with Crippen molar-refractivity contribution in [3.63, 3.8) is 0 Å². The molecule has 148 valence electrons. The van der Waals surface area contributed by atoms with Crippen molar-refractivity contribution in [1.82, 2.24) is 14.6 Å². The Morgan fingerprint density at radius 1 is 1.04 bits per heavy atom. The van der Waals surface area contributed by atoms with E-state index in [2.05, 4.69) is 15.0 Å². The van der Waals surface area contributed by atoms with Crippen molar-refractivity contribution in [1.29, 1.82) is 0 Å². The van der Waals surface area contributed by atoms with E-state index in [4.69, 9.17) is 0 Å². The van der Waals surface area contributed by atoms with Gasteiger partial charge in [0.2, 0.25) is 15.9 Å². The number of aromatic nitrogens is 1. The van der Waals surface area contributed by atoms with Gasteiger partial charge in [0.15, 0.2) is 0 Å². The minimum absolute atomic E-state index is 0.0720. The van der Waals surface area contributed by atoms with E-state index in [0.29, 0.717) is 37.2 Å². The van der Waals surface area contributed by atoms with Crippen LogP contribution < -0.4 is 10.0 Å². The van der Waals surface area contributed by atoms with Crippen LogP contribution in [0.4, 0.5) is 5.69 Å². The van der Waals surface area contributed by atoms with Gasteiger partial charge in [0.05, 0.1) is 4.90 Å². The van der Waals surface area contributed by atoms with Gasteiger partial charge < -0.3 is 10.2 Å². The predicted molar refractivity (Wildman–Crippen MR) is 104 cm³/mol. The summed E-state index contributed by atoms with van der Waals surface area (Å²) >= 11 is 0. The van der Waals surface area contributed by atoms with Gasteiger partial charge >= 0.3 is 0 Å². The summed E-state index contributed by atoms with van der Waals surface area (Å²) in [6, 6.07) is 9.11. The van der Waals surface area contributed by atoms with E-state index in [0.717, 1.165) is 0 Å². The molecule has 0 atom stereocenters. The van der Waals surface area contributed by atoms with E-state index in [1.807, 2.05) is 0 Å². The average Bonchev–Trinajstić information content (AvgIpc) is 2.68. The molecule has 1 saturated heterocycles.